The second-order valence-corrected chi connectivity index (χ2v) is 7.53. The molecule has 2 aromatic rings. The Bertz CT molecular complexity index is 847. The summed E-state index contributed by atoms with van der Waals surface area (Å²) in [6.45, 7) is 3.90. The lowest BCUT2D eigenvalue weighted by molar-refractivity contribution is -0.131. The number of piperidine rings is 1. The van der Waals surface area contributed by atoms with E-state index in [-0.39, 0.29) is 17.8 Å². The highest BCUT2D eigenvalue weighted by atomic mass is 19.1. The van der Waals surface area contributed by atoms with Gasteiger partial charge in [-0.25, -0.2) is 4.39 Å². The zero-order valence-electron chi connectivity index (χ0n) is 16.3. The molecule has 0 saturated carbocycles. The number of nitrogens with zero attached hydrogens (tertiary/aromatic N) is 3. The summed E-state index contributed by atoms with van der Waals surface area (Å²) in [6, 6.07) is 10.4. The molecule has 1 aromatic heterocycles. The van der Waals surface area contributed by atoms with Gasteiger partial charge in [0.25, 0.3) is 0 Å². The van der Waals surface area contributed by atoms with Gasteiger partial charge in [-0.1, -0.05) is 12.1 Å². The first-order chi connectivity index (χ1) is 14.1. The van der Waals surface area contributed by atoms with Crippen LogP contribution in [0.1, 0.15) is 12.2 Å². The van der Waals surface area contributed by atoms with Crippen molar-refractivity contribution in [3.05, 3.63) is 60.3 Å². The molecule has 0 radical (unpaired) electrons. The summed E-state index contributed by atoms with van der Waals surface area (Å²) >= 11 is 0. The SMILES string of the molecule is O=C(/C=C/c1ccco1)N1CC[C@@H](N2CCN(c3ccccc3F)CC2)[C@H](O)C1. The topological polar surface area (TPSA) is 60.2 Å². The number of piperazine rings is 1. The van der Waals surface area contributed by atoms with E-state index in [1.165, 1.54) is 12.1 Å². The maximum absolute atomic E-state index is 14.0. The van der Waals surface area contributed by atoms with Crippen molar-refractivity contribution in [2.75, 3.05) is 44.2 Å². The van der Waals surface area contributed by atoms with Crippen molar-refractivity contribution in [2.45, 2.75) is 18.6 Å². The number of carbonyl (C=O) groups excluding carboxylic acids is 1. The van der Waals surface area contributed by atoms with E-state index in [0.29, 0.717) is 24.5 Å². The third kappa shape index (κ3) is 4.52. The molecule has 2 fully saturated rings. The van der Waals surface area contributed by atoms with Crippen LogP contribution in [0.15, 0.2) is 53.2 Å². The van der Waals surface area contributed by atoms with Crippen molar-refractivity contribution in [3.8, 4) is 0 Å². The highest BCUT2D eigenvalue weighted by Gasteiger charge is 2.35. The molecule has 6 nitrogen and oxygen atoms in total. The van der Waals surface area contributed by atoms with Gasteiger partial charge in [0.05, 0.1) is 18.1 Å². The predicted octanol–water partition coefficient (Wildman–Crippen LogP) is 2.22. The number of aliphatic hydroxyl groups is 1. The quantitative estimate of drug-likeness (QED) is 0.799. The van der Waals surface area contributed by atoms with Crippen LogP contribution in [0.25, 0.3) is 6.08 Å². The Balaban J connectivity index is 1.29. The second kappa shape index (κ2) is 8.80. The first-order valence-corrected chi connectivity index (χ1v) is 10.0. The van der Waals surface area contributed by atoms with Crippen LogP contribution in [0.2, 0.25) is 0 Å². The van der Waals surface area contributed by atoms with Gasteiger partial charge in [0, 0.05) is 51.4 Å². The van der Waals surface area contributed by atoms with E-state index in [1.54, 1.807) is 41.5 Å². The molecular weight excluding hydrogens is 373 g/mol. The first-order valence-electron chi connectivity index (χ1n) is 10.0. The Kier molecular flexibility index (Phi) is 5.97. The molecule has 0 bridgehead atoms. The lowest BCUT2D eigenvalue weighted by Gasteiger charge is -2.45. The minimum atomic E-state index is -0.593. The normalized spacial score (nSPS) is 23.7. The lowest BCUT2D eigenvalue weighted by Crippen LogP contribution is -2.59. The molecule has 1 N–H and O–H groups in total. The minimum Gasteiger partial charge on any atom is -0.465 e. The number of β-amino-alcohol motifs (C(OH)–C–C–N with tert-alkyl or cyclic N) is 1. The van der Waals surface area contributed by atoms with Crippen molar-refractivity contribution in [1.29, 1.82) is 0 Å². The number of halogens is 1. The Morgan fingerprint density at radius 2 is 1.90 bits per heavy atom. The molecule has 7 heteroatoms. The Morgan fingerprint density at radius 1 is 1.10 bits per heavy atom. The number of likely N-dealkylation sites (tertiary alicyclic amines) is 1. The third-order valence-electron chi connectivity index (χ3n) is 5.77. The molecule has 4 rings (SSSR count). The van der Waals surface area contributed by atoms with Gasteiger partial charge in [-0.3, -0.25) is 9.69 Å². The molecule has 2 aliphatic rings. The van der Waals surface area contributed by atoms with Gasteiger partial charge in [0.1, 0.15) is 11.6 Å². The van der Waals surface area contributed by atoms with Crippen molar-refractivity contribution >= 4 is 17.7 Å². The van der Waals surface area contributed by atoms with Gasteiger partial charge in [0.15, 0.2) is 0 Å². The molecule has 2 aliphatic heterocycles. The number of para-hydroxylation sites is 1. The number of rotatable bonds is 4. The fourth-order valence-electron chi connectivity index (χ4n) is 4.19. The monoisotopic (exact) mass is 399 g/mol. The summed E-state index contributed by atoms with van der Waals surface area (Å²) in [7, 11) is 0. The van der Waals surface area contributed by atoms with Crippen LogP contribution in [0.5, 0.6) is 0 Å². The Morgan fingerprint density at radius 3 is 2.59 bits per heavy atom. The van der Waals surface area contributed by atoms with E-state index in [4.69, 9.17) is 4.42 Å². The smallest absolute Gasteiger partial charge is 0.246 e. The second-order valence-electron chi connectivity index (χ2n) is 7.53. The molecule has 1 amide bonds. The molecule has 29 heavy (non-hydrogen) atoms. The number of aliphatic hydroxyl groups excluding tert-OH is 1. The molecule has 0 aliphatic carbocycles. The van der Waals surface area contributed by atoms with Gasteiger partial charge in [0.2, 0.25) is 5.91 Å². The first kappa shape index (κ1) is 19.7. The van der Waals surface area contributed by atoms with E-state index < -0.39 is 6.10 Å². The molecule has 3 heterocycles. The summed E-state index contributed by atoms with van der Waals surface area (Å²) in [5.41, 5.74) is 0.636. The number of benzene rings is 1. The predicted molar refractivity (Wildman–Crippen MR) is 109 cm³/mol. The summed E-state index contributed by atoms with van der Waals surface area (Å²) in [5.74, 6) is 0.306. The maximum atomic E-state index is 14.0. The van der Waals surface area contributed by atoms with Crippen LogP contribution in [-0.4, -0.2) is 72.2 Å². The zero-order chi connectivity index (χ0) is 20.2. The van der Waals surface area contributed by atoms with Gasteiger partial charge in [-0.2, -0.15) is 0 Å². The molecule has 0 unspecified atom stereocenters. The van der Waals surface area contributed by atoms with Crippen LogP contribution >= 0.6 is 0 Å². The summed E-state index contributed by atoms with van der Waals surface area (Å²) in [4.78, 5) is 18.4. The van der Waals surface area contributed by atoms with Crippen LogP contribution in [0.4, 0.5) is 10.1 Å². The number of hydrogen-bond acceptors (Lipinski definition) is 5. The molecule has 2 saturated heterocycles. The van der Waals surface area contributed by atoms with Crippen molar-refractivity contribution < 1.29 is 18.7 Å². The fourth-order valence-corrected chi connectivity index (χ4v) is 4.19. The molecular formula is C22H26FN3O3. The fraction of sp³-hybridized carbons (Fsp3) is 0.409. The summed E-state index contributed by atoms with van der Waals surface area (Å²) in [5, 5.41) is 10.7. The number of amides is 1. The highest BCUT2D eigenvalue weighted by Crippen LogP contribution is 2.23. The standard InChI is InChI=1S/C22H26FN3O3/c23-18-5-1-2-6-19(18)24-11-13-25(14-12-24)20-9-10-26(16-21(20)27)22(28)8-7-17-4-3-15-29-17/h1-8,15,20-21,27H,9-14,16H2/b8-7+/t20-,21-/m1/s1. The molecule has 1 aromatic carbocycles. The molecule has 2 atom stereocenters. The lowest BCUT2D eigenvalue weighted by atomic mass is 9.99. The van der Waals surface area contributed by atoms with Gasteiger partial charge >= 0.3 is 0 Å². The van der Waals surface area contributed by atoms with Crippen molar-refractivity contribution in [1.82, 2.24) is 9.80 Å². The molecule has 154 valence electrons. The van der Waals surface area contributed by atoms with Crippen molar-refractivity contribution in [3.63, 3.8) is 0 Å². The minimum absolute atomic E-state index is 0.0240. The number of hydrogen-bond donors (Lipinski definition) is 1. The average molecular weight is 399 g/mol. The number of anilines is 1. The van der Waals surface area contributed by atoms with E-state index in [1.807, 2.05) is 6.07 Å². The van der Waals surface area contributed by atoms with E-state index in [9.17, 15) is 14.3 Å². The maximum Gasteiger partial charge on any atom is 0.246 e. The summed E-state index contributed by atoms with van der Waals surface area (Å²) in [6.07, 6.45) is 4.82. The van der Waals surface area contributed by atoms with E-state index in [2.05, 4.69) is 9.80 Å². The van der Waals surface area contributed by atoms with E-state index >= 15 is 0 Å². The molecule has 0 spiro atoms. The van der Waals surface area contributed by atoms with Gasteiger partial charge in [-0.05, 0) is 36.8 Å². The van der Waals surface area contributed by atoms with Crippen molar-refractivity contribution in [2.24, 2.45) is 0 Å². The number of carbonyl (C=O) groups is 1. The van der Waals surface area contributed by atoms with Crippen LogP contribution in [0.3, 0.4) is 0 Å². The highest BCUT2D eigenvalue weighted by molar-refractivity contribution is 5.91. The van der Waals surface area contributed by atoms with Gasteiger partial charge < -0.3 is 19.3 Å². The van der Waals surface area contributed by atoms with Crippen LogP contribution in [0, 0.1) is 5.82 Å². The third-order valence-corrected chi connectivity index (χ3v) is 5.77. The largest absolute Gasteiger partial charge is 0.465 e. The number of furan rings is 1. The van der Waals surface area contributed by atoms with Crippen LogP contribution < -0.4 is 4.90 Å². The van der Waals surface area contributed by atoms with E-state index in [0.717, 1.165) is 32.6 Å². The van der Waals surface area contributed by atoms with Gasteiger partial charge in [-0.15, -0.1) is 0 Å². The average Bonchev–Trinajstić information content (AvgIpc) is 3.26. The zero-order valence-corrected chi connectivity index (χ0v) is 16.3. The summed E-state index contributed by atoms with van der Waals surface area (Å²) < 4.78 is 19.2. The Hall–Kier alpha value is -2.64. The van der Waals surface area contributed by atoms with Crippen LogP contribution in [-0.2, 0) is 4.79 Å². The Labute approximate surface area is 169 Å².